The van der Waals surface area contributed by atoms with Crippen LogP contribution < -0.4 is 0 Å². The number of piperidine rings is 1. The molecule has 19 heavy (non-hydrogen) atoms. The predicted octanol–water partition coefficient (Wildman–Crippen LogP) is 1.25. The maximum absolute atomic E-state index is 11.5. The van der Waals surface area contributed by atoms with E-state index in [1.807, 2.05) is 0 Å². The topological polar surface area (TPSA) is 69.0 Å². The molecule has 0 aromatic heterocycles. The zero-order valence-electron chi connectivity index (χ0n) is 11.1. The summed E-state index contributed by atoms with van der Waals surface area (Å²) < 4.78 is 5.46. The van der Waals surface area contributed by atoms with E-state index in [2.05, 4.69) is 10.0 Å². The van der Waals surface area contributed by atoms with Crippen LogP contribution in [0.4, 0.5) is 0 Å². The largest absolute Gasteiger partial charge is 0.469 e. The van der Waals surface area contributed by atoms with Gasteiger partial charge in [-0.25, -0.2) is 5.01 Å². The Kier molecular flexibility index (Phi) is 4.76. The van der Waals surface area contributed by atoms with Gasteiger partial charge in [0.2, 0.25) is 5.91 Å². The lowest BCUT2D eigenvalue weighted by atomic mass is 10.1. The number of hydrazone groups is 1. The molecule has 1 saturated heterocycles. The van der Waals surface area contributed by atoms with Crippen LogP contribution in [0, 0.1) is 5.41 Å². The van der Waals surface area contributed by atoms with Gasteiger partial charge in [0.15, 0.2) is 17.2 Å². The summed E-state index contributed by atoms with van der Waals surface area (Å²) in [6.45, 7) is 2.48. The Balaban J connectivity index is 1.84. The van der Waals surface area contributed by atoms with Crippen molar-refractivity contribution in [1.82, 2.24) is 9.91 Å². The van der Waals surface area contributed by atoms with Crippen LogP contribution >= 0.6 is 11.6 Å². The van der Waals surface area contributed by atoms with Gasteiger partial charge in [0.1, 0.15) is 0 Å². The van der Waals surface area contributed by atoms with E-state index < -0.39 is 6.10 Å². The Morgan fingerprint density at radius 3 is 2.84 bits per heavy atom. The van der Waals surface area contributed by atoms with Crippen LogP contribution in [-0.4, -0.2) is 59.7 Å². The Morgan fingerprint density at radius 2 is 2.16 bits per heavy atom. The monoisotopic (exact) mass is 286 g/mol. The van der Waals surface area contributed by atoms with Gasteiger partial charge in [0.05, 0.1) is 13.0 Å². The summed E-state index contributed by atoms with van der Waals surface area (Å²) in [7, 11) is 1.56. The first-order valence-corrected chi connectivity index (χ1v) is 6.91. The highest BCUT2D eigenvalue weighted by Gasteiger charge is 2.29. The summed E-state index contributed by atoms with van der Waals surface area (Å²) in [6.07, 6.45) is 3.13. The van der Waals surface area contributed by atoms with Gasteiger partial charge in [-0.1, -0.05) is 18.0 Å². The fourth-order valence-corrected chi connectivity index (χ4v) is 2.49. The Hall–Kier alpha value is -1.14. The molecule has 0 bridgehead atoms. The number of nitrogens with zero attached hydrogens (tertiary/aromatic N) is 3. The lowest BCUT2D eigenvalue weighted by molar-refractivity contribution is -0.131. The van der Waals surface area contributed by atoms with Crippen molar-refractivity contribution in [3.8, 4) is 0 Å². The number of carbonyl (C=O) groups is 1. The number of hydrogen-bond acceptors (Lipinski definition) is 5. The van der Waals surface area contributed by atoms with Gasteiger partial charge in [-0.2, -0.15) is 5.10 Å². The SMILES string of the molecule is CN1N=C(Cl)C(OC(=N)CN2CCCCC2)CC1=O. The molecule has 1 amide bonds. The van der Waals surface area contributed by atoms with E-state index in [0.717, 1.165) is 13.1 Å². The zero-order valence-corrected chi connectivity index (χ0v) is 11.8. The molecule has 0 saturated carbocycles. The van der Waals surface area contributed by atoms with E-state index >= 15 is 0 Å². The molecule has 7 heteroatoms. The number of likely N-dealkylation sites (tertiary alicyclic amines) is 1. The van der Waals surface area contributed by atoms with E-state index in [1.54, 1.807) is 7.05 Å². The lowest BCUT2D eigenvalue weighted by Gasteiger charge is -2.29. The molecule has 0 aromatic rings. The molecule has 1 fully saturated rings. The average Bonchev–Trinajstić information content (AvgIpc) is 2.37. The summed E-state index contributed by atoms with van der Waals surface area (Å²) in [5.41, 5.74) is 0. The number of nitrogens with one attached hydrogen (secondary N) is 1. The van der Waals surface area contributed by atoms with Crippen molar-refractivity contribution in [2.24, 2.45) is 5.10 Å². The number of hydrogen-bond donors (Lipinski definition) is 1. The molecule has 1 N–H and O–H groups in total. The van der Waals surface area contributed by atoms with Gasteiger partial charge >= 0.3 is 0 Å². The van der Waals surface area contributed by atoms with E-state index in [4.69, 9.17) is 21.7 Å². The molecule has 0 aromatic carbocycles. The molecule has 106 valence electrons. The molecule has 1 atom stereocenters. The maximum atomic E-state index is 11.5. The van der Waals surface area contributed by atoms with Crippen LogP contribution in [0.15, 0.2) is 5.10 Å². The number of carbonyl (C=O) groups excluding carboxylic acids is 1. The van der Waals surface area contributed by atoms with Gasteiger partial charge in [0, 0.05) is 7.05 Å². The zero-order chi connectivity index (χ0) is 13.8. The number of amides is 1. The highest BCUT2D eigenvalue weighted by molar-refractivity contribution is 6.66. The molecule has 2 rings (SSSR count). The van der Waals surface area contributed by atoms with Crippen molar-refractivity contribution in [1.29, 1.82) is 5.41 Å². The molecule has 0 spiro atoms. The lowest BCUT2D eigenvalue weighted by Crippen LogP contribution is -2.41. The third kappa shape index (κ3) is 3.91. The Bertz CT molecular complexity index is 393. The van der Waals surface area contributed by atoms with Gasteiger partial charge in [-0.15, -0.1) is 0 Å². The fourth-order valence-electron chi connectivity index (χ4n) is 2.26. The first-order valence-electron chi connectivity index (χ1n) is 6.53. The third-order valence-corrected chi connectivity index (χ3v) is 3.65. The van der Waals surface area contributed by atoms with Crippen molar-refractivity contribution >= 4 is 28.6 Å². The second kappa shape index (κ2) is 6.34. The van der Waals surface area contributed by atoms with Crippen molar-refractivity contribution in [2.75, 3.05) is 26.7 Å². The molecule has 0 radical (unpaired) electrons. The second-order valence-electron chi connectivity index (χ2n) is 4.91. The quantitative estimate of drug-likeness (QED) is 0.627. The predicted molar refractivity (Wildman–Crippen MR) is 73.6 cm³/mol. The second-order valence-corrected chi connectivity index (χ2v) is 5.30. The molecular formula is C12H19ClN4O2. The molecule has 0 aliphatic carbocycles. The minimum atomic E-state index is -0.609. The fraction of sp³-hybridized carbons (Fsp3) is 0.750. The van der Waals surface area contributed by atoms with Gasteiger partial charge in [0.25, 0.3) is 0 Å². The summed E-state index contributed by atoms with van der Waals surface area (Å²) >= 11 is 5.95. The highest BCUT2D eigenvalue weighted by Crippen LogP contribution is 2.15. The van der Waals surface area contributed by atoms with E-state index in [0.29, 0.717) is 6.54 Å². The van der Waals surface area contributed by atoms with E-state index in [9.17, 15) is 4.79 Å². The first kappa shape index (κ1) is 14.3. The van der Waals surface area contributed by atoms with Crippen LogP contribution in [0.5, 0.6) is 0 Å². The van der Waals surface area contributed by atoms with Crippen LogP contribution in [0.2, 0.25) is 0 Å². The average molecular weight is 287 g/mol. The minimum absolute atomic E-state index is 0.140. The van der Waals surface area contributed by atoms with Crippen LogP contribution in [-0.2, 0) is 9.53 Å². The van der Waals surface area contributed by atoms with Crippen molar-refractivity contribution in [2.45, 2.75) is 31.8 Å². The van der Waals surface area contributed by atoms with Gasteiger partial charge in [-0.3, -0.25) is 15.1 Å². The third-order valence-electron chi connectivity index (χ3n) is 3.33. The number of rotatable bonds is 3. The molecule has 2 aliphatic rings. The standard InChI is InChI=1S/C12H19ClN4O2/c1-16-11(18)7-9(12(13)15-16)19-10(14)8-17-5-3-2-4-6-17/h9,14H,2-8H2,1H3. The summed E-state index contributed by atoms with van der Waals surface area (Å²) in [4.78, 5) is 13.7. The Labute approximate surface area is 117 Å². The van der Waals surface area contributed by atoms with Gasteiger partial charge < -0.3 is 4.74 Å². The highest BCUT2D eigenvalue weighted by atomic mass is 35.5. The van der Waals surface area contributed by atoms with Crippen molar-refractivity contribution in [3.63, 3.8) is 0 Å². The van der Waals surface area contributed by atoms with Crippen LogP contribution in [0.1, 0.15) is 25.7 Å². The molecule has 1 unspecified atom stereocenters. The smallest absolute Gasteiger partial charge is 0.246 e. The van der Waals surface area contributed by atoms with Crippen LogP contribution in [0.3, 0.4) is 0 Å². The van der Waals surface area contributed by atoms with Crippen molar-refractivity contribution in [3.05, 3.63) is 0 Å². The summed E-state index contributed by atoms with van der Waals surface area (Å²) in [5.74, 6) is -0.00206. The van der Waals surface area contributed by atoms with E-state index in [1.165, 1.54) is 24.3 Å². The first-order chi connectivity index (χ1) is 9.06. The van der Waals surface area contributed by atoms with Crippen molar-refractivity contribution < 1.29 is 9.53 Å². The van der Waals surface area contributed by atoms with Gasteiger partial charge in [-0.05, 0) is 25.9 Å². The van der Waals surface area contributed by atoms with Crippen LogP contribution in [0.25, 0.3) is 0 Å². The van der Waals surface area contributed by atoms with E-state index in [-0.39, 0.29) is 23.4 Å². The normalized spacial score (nSPS) is 25.2. The molecular weight excluding hydrogens is 268 g/mol. The number of halogens is 1. The molecule has 2 heterocycles. The Morgan fingerprint density at radius 1 is 1.47 bits per heavy atom. The summed E-state index contributed by atoms with van der Waals surface area (Å²) in [6, 6.07) is 0. The molecule has 6 nitrogen and oxygen atoms in total. The number of ether oxygens (including phenoxy) is 1. The molecule has 2 aliphatic heterocycles. The minimum Gasteiger partial charge on any atom is -0.469 e. The maximum Gasteiger partial charge on any atom is 0.246 e. The summed E-state index contributed by atoms with van der Waals surface area (Å²) in [5, 5.41) is 13.2.